The van der Waals surface area contributed by atoms with Gasteiger partial charge in [-0.3, -0.25) is 0 Å². The Hall–Kier alpha value is -1.62. The Morgan fingerprint density at radius 1 is 1.45 bits per heavy atom. The molecule has 0 aromatic carbocycles. The van der Waals surface area contributed by atoms with Gasteiger partial charge in [0.1, 0.15) is 5.82 Å². The zero-order chi connectivity index (χ0) is 14.5. The molecule has 0 amide bonds. The molecular formula is C15H22N2O3. The fourth-order valence-electron chi connectivity index (χ4n) is 2.45. The second-order valence-corrected chi connectivity index (χ2v) is 5.22. The molecule has 110 valence electrons. The number of nitrogens with zero attached hydrogens (tertiary/aromatic N) is 2. The number of aryl methyl sites for hydroxylation is 1. The van der Waals surface area contributed by atoms with Crippen LogP contribution in [0.25, 0.3) is 0 Å². The van der Waals surface area contributed by atoms with Crippen LogP contribution in [0.4, 0.5) is 5.82 Å². The quantitative estimate of drug-likeness (QED) is 0.799. The average Bonchev–Trinajstić information content (AvgIpc) is 2.40. The van der Waals surface area contributed by atoms with Gasteiger partial charge in [0.2, 0.25) is 0 Å². The first-order chi connectivity index (χ1) is 9.65. The highest BCUT2D eigenvalue weighted by Crippen LogP contribution is 2.29. The SMILES string of the molecule is CCc1cc(C(=O)O)cc(N(CCCO)C2CCC2)n1. The van der Waals surface area contributed by atoms with Gasteiger partial charge in [-0.25, -0.2) is 9.78 Å². The number of hydrogen-bond acceptors (Lipinski definition) is 4. The summed E-state index contributed by atoms with van der Waals surface area (Å²) in [7, 11) is 0. The van der Waals surface area contributed by atoms with Crippen LogP contribution in [0, 0.1) is 0 Å². The van der Waals surface area contributed by atoms with Gasteiger partial charge in [-0.2, -0.15) is 0 Å². The van der Waals surface area contributed by atoms with E-state index in [2.05, 4.69) is 9.88 Å². The summed E-state index contributed by atoms with van der Waals surface area (Å²) in [4.78, 5) is 18.0. The highest BCUT2D eigenvalue weighted by atomic mass is 16.4. The molecule has 1 fully saturated rings. The topological polar surface area (TPSA) is 73.7 Å². The van der Waals surface area contributed by atoms with Crippen LogP contribution in [0.3, 0.4) is 0 Å². The van der Waals surface area contributed by atoms with Crippen molar-refractivity contribution in [3.05, 3.63) is 23.4 Å². The van der Waals surface area contributed by atoms with Gasteiger partial charge in [0.15, 0.2) is 0 Å². The zero-order valence-corrected chi connectivity index (χ0v) is 11.9. The van der Waals surface area contributed by atoms with E-state index >= 15 is 0 Å². The molecule has 5 nitrogen and oxygen atoms in total. The summed E-state index contributed by atoms with van der Waals surface area (Å²) in [6, 6.07) is 3.72. The number of anilines is 1. The summed E-state index contributed by atoms with van der Waals surface area (Å²) >= 11 is 0. The minimum atomic E-state index is -0.918. The molecule has 2 rings (SSSR count). The Morgan fingerprint density at radius 2 is 2.20 bits per heavy atom. The van der Waals surface area contributed by atoms with Gasteiger partial charge in [-0.05, 0) is 44.2 Å². The molecule has 1 aromatic rings. The number of carboxylic acids is 1. The molecule has 1 saturated carbocycles. The number of aromatic nitrogens is 1. The van der Waals surface area contributed by atoms with Crippen molar-refractivity contribution < 1.29 is 15.0 Å². The normalized spacial score (nSPS) is 14.9. The Labute approximate surface area is 119 Å². The van der Waals surface area contributed by atoms with Crippen LogP contribution in [0.15, 0.2) is 12.1 Å². The van der Waals surface area contributed by atoms with Gasteiger partial charge in [0, 0.05) is 24.9 Å². The van der Waals surface area contributed by atoms with Crippen molar-refractivity contribution in [1.82, 2.24) is 4.98 Å². The van der Waals surface area contributed by atoms with E-state index in [1.54, 1.807) is 12.1 Å². The number of rotatable bonds is 7. The van der Waals surface area contributed by atoms with Crippen molar-refractivity contribution in [1.29, 1.82) is 0 Å². The molecule has 0 spiro atoms. The first-order valence-corrected chi connectivity index (χ1v) is 7.27. The number of carboxylic acid groups (broad SMARTS) is 1. The van der Waals surface area contributed by atoms with Gasteiger partial charge in [0.25, 0.3) is 0 Å². The second kappa shape index (κ2) is 6.70. The Bertz CT molecular complexity index is 472. The monoisotopic (exact) mass is 278 g/mol. The minimum Gasteiger partial charge on any atom is -0.478 e. The Balaban J connectivity index is 2.30. The van der Waals surface area contributed by atoms with Crippen molar-refractivity contribution in [2.75, 3.05) is 18.1 Å². The summed E-state index contributed by atoms with van der Waals surface area (Å²) in [5.74, 6) is -0.182. The lowest BCUT2D eigenvalue weighted by Gasteiger charge is -2.38. The van der Waals surface area contributed by atoms with E-state index in [-0.39, 0.29) is 6.61 Å². The van der Waals surface area contributed by atoms with Crippen molar-refractivity contribution in [2.45, 2.75) is 45.1 Å². The number of hydrogen-bond donors (Lipinski definition) is 2. The fourth-order valence-corrected chi connectivity index (χ4v) is 2.45. The van der Waals surface area contributed by atoms with E-state index in [9.17, 15) is 9.90 Å². The number of aromatic carboxylic acids is 1. The number of pyridine rings is 1. The van der Waals surface area contributed by atoms with E-state index < -0.39 is 5.97 Å². The van der Waals surface area contributed by atoms with Crippen LogP contribution in [-0.2, 0) is 6.42 Å². The van der Waals surface area contributed by atoms with Crippen molar-refractivity contribution in [2.24, 2.45) is 0 Å². The lowest BCUT2D eigenvalue weighted by Crippen LogP contribution is -2.41. The minimum absolute atomic E-state index is 0.141. The third-order valence-electron chi connectivity index (χ3n) is 3.84. The largest absolute Gasteiger partial charge is 0.478 e. The number of carbonyl (C=O) groups is 1. The molecular weight excluding hydrogens is 256 g/mol. The van der Waals surface area contributed by atoms with Gasteiger partial charge in [0.05, 0.1) is 5.56 Å². The van der Waals surface area contributed by atoms with Gasteiger partial charge >= 0.3 is 5.97 Å². The molecule has 0 radical (unpaired) electrons. The first-order valence-electron chi connectivity index (χ1n) is 7.27. The molecule has 0 aliphatic heterocycles. The van der Waals surface area contributed by atoms with E-state index in [1.165, 1.54) is 6.42 Å². The summed E-state index contributed by atoms with van der Waals surface area (Å²) in [6.07, 6.45) is 4.83. The number of aliphatic hydroxyl groups excluding tert-OH is 1. The molecule has 1 aromatic heterocycles. The highest BCUT2D eigenvalue weighted by molar-refractivity contribution is 5.88. The lowest BCUT2D eigenvalue weighted by atomic mass is 9.91. The smallest absolute Gasteiger partial charge is 0.335 e. The van der Waals surface area contributed by atoms with E-state index in [1.807, 2.05) is 6.92 Å². The summed E-state index contributed by atoms with van der Waals surface area (Å²) in [6.45, 7) is 2.84. The Morgan fingerprint density at radius 3 is 2.70 bits per heavy atom. The second-order valence-electron chi connectivity index (χ2n) is 5.22. The van der Waals surface area contributed by atoms with Crippen molar-refractivity contribution >= 4 is 11.8 Å². The van der Waals surface area contributed by atoms with Crippen LogP contribution in [0.5, 0.6) is 0 Å². The number of aliphatic hydroxyl groups is 1. The molecule has 1 heterocycles. The predicted molar refractivity (Wildman–Crippen MR) is 77.3 cm³/mol. The molecule has 20 heavy (non-hydrogen) atoms. The fraction of sp³-hybridized carbons (Fsp3) is 0.600. The zero-order valence-electron chi connectivity index (χ0n) is 11.9. The molecule has 0 saturated heterocycles. The molecule has 1 aliphatic carbocycles. The summed E-state index contributed by atoms with van der Waals surface area (Å²) in [5, 5.41) is 18.2. The van der Waals surface area contributed by atoms with Crippen molar-refractivity contribution in [3.8, 4) is 0 Å². The molecule has 1 aliphatic rings. The van der Waals surface area contributed by atoms with Gasteiger partial charge in [-0.15, -0.1) is 0 Å². The van der Waals surface area contributed by atoms with Crippen LogP contribution >= 0.6 is 0 Å². The standard InChI is InChI=1S/C15H22N2O3/c1-2-12-9-11(15(19)20)10-14(16-12)17(7-4-8-18)13-5-3-6-13/h9-10,13,18H,2-8H2,1H3,(H,19,20). The Kier molecular flexibility index (Phi) is 4.95. The predicted octanol–water partition coefficient (Wildman–Crippen LogP) is 2.08. The van der Waals surface area contributed by atoms with Crippen LogP contribution < -0.4 is 4.90 Å². The van der Waals surface area contributed by atoms with Crippen molar-refractivity contribution in [3.63, 3.8) is 0 Å². The van der Waals surface area contributed by atoms with Gasteiger partial charge in [-0.1, -0.05) is 6.92 Å². The molecule has 5 heteroatoms. The average molecular weight is 278 g/mol. The lowest BCUT2D eigenvalue weighted by molar-refractivity contribution is 0.0696. The molecule has 0 unspecified atom stereocenters. The van der Waals surface area contributed by atoms with E-state index in [4.69, 9.17) is 5.11 Å². The summed E-state index contributed by atoms with van der Waals surface area (Å²) in [5.41, 5.74) is 1.09. The summed E-state index contributed by atoms with van der Waals surface area (Å²) < 4.78 is 0. The van der Waals surface area contributed by atoms with E-state index in [0.717, 1.165) is 30.9 Å². The highest BCUT2D eigenvalue weighted by Gasteiger charge is 2.26. The third-order valence-corrected chi connectivity index (χ3v) is 3.84. The van der Waals surface area contributed by atoms with Gasteiger partial charge < -0.3 is 15.1 Å². The maximum atomic E-state index is 11.2. The third kappa shape index (κ3) is 3.28. The van der Waals surface area contributed by atoms with Crippen LogP contribution in [-0.4, -0.2) is 40.4 Å². The van der Waals surface area contributed by atoms with E-state index in [0.29, 0.717) is 24.4 Å². The molecule has 0 bridgehead atoms. The molecule has 2 N–H and O–H groups in total. The van der Waals surface area contributed by atoms with Crippen LogP contribution in [0.1, 0.15) is 48.7 Å². The molecule has 0 atom stereocenters. The maximum Gasteiger partial charge on any atom is 0.335 e. The maximum absolute atomic E-state index is 11.2. The first kappa shape index (κ1) is 14.8. The van der Waals surface area contributed by atoms with Crippen LogP contribution in [0.2, 0.25) is 0 Å².